The van der Waals surface area contributed by atoms with Gasteiger partial charge in [-0.1, -0.05) is 20.8 Å². The summed E-state index contributed by atoms with van der Waals surface area (Å²) in [6.45, 7) is 10.7. The fourth-order valence-electron chi connectivity index (χ4n) is 3.20. The standard InChI is InChI=1S/C19H26N4OS/c1-12-10-14(17-21-13(2)11-25-17)22-16(20-12)15-8-6-7-9-23(15)18(24)19(3,4)5/h10-11,15H,6-9H2,1-5H3/t15-/m1/s1. The molecule has 1 fully saturated rings. The van der Waals surface area contributed by atoms with Gasteiger partial charge in [-0.3, -0.25) is 4.79 Å². The summed E-state index contributed by atoms with van der Waals surface area (Å²) in [5, 5.41) is 2.94. The number of amides is 1. The number of hydrogen-bond acceptors (Lipinski definition) is 5. The van der Waals surface area contributed by atoms with Crippen LogP contribution in [-0.2, 0) is 4.79 Å². The fourth-order valence-corrected chi connectivity index (χ4v) is 3.95. The van der Waals surface area contributed by atoms with E-state index < -0.39 is 5.41 Å². The molecule has 1 aliphatic rings. The zero-order valence-electron chi connectivity index (χ0n) is 15.7. The van der Waals surface area contributed by atoms with E-state index in [4.69, 9.17) is 4.98 Å². The molecule has 0 spiro atoms. The second-order valence-corrected chi connectivity index (χ2v) is 8.67. The number of carbonyl (C=O) groups excluding carboxylic acids is 1. The Kier molecular flexibility index (Phi) is 4.91. The highest BCUT2D eigenvalue weighted by Gasteiger charge is 2.35. The van der Waals surface area contributed by atoms with E-state index in [1.54, 1.807) is 11.3 Å². The van der Waals surface area contributed by atoms with Crippen LogP contribution in [0.3, 0.4) is 0 Å². The first-order valence-electron chi connectivity index (χ1n) is 8.85. The number of hydrogen-bond donors (Lipinski definition) is 0. The van der Waals surface area contributed by atoms with Crippen molar-refractivity contribution in [1.82, 2.24) is 19.9 Å². The Morgan fingerprint density at radius 1 is 1.16 bits per heavy atom. The van der Waals surface area contributed by atoms with Gasteiger partial charge in [-0.05, 0) is 39.2 Å². The zero-order valence-corrected chi connectivity index (χ0v) is 16.5. The van der Waals surface area contributed by atoms with Gasteiger partial charge in [0.1, 0.15) is 10.7 Å². The zero-order chi connectivity index (χ0) is 18.2. The van der Waals surface area contributed by atoms with E-state index in [-0.39, 0.29) is 11.9 Å². The molecule has 0 aromatic carbocycles. The number of thiazole rings is 1. The molecule has 2 aromatic heterocycles. The molecule has 134 valence electrons. The van der Waals surface area contributed by atoms with Crippen molar-refractivity contribution in [3.8, 4) is 10.7 Å². The first-order valence-corrected chi connectivity index (χ1v) is 9.73. The van der Waals surface area contributed by atoms with Crippen LogP contribution in [-0.4, -0.2) is 32.3 Å². The average Bonchev–Trinajstić information content (AvgIpc) is 2.99. The highest BCUT2D eigenvalue weighted by Crippen LogP contribution is 2.34. The lowest BCUT2D eigenvalue weighted by Gasteiger charge is -2.38. The lowest BCUT2D eigenvalue weighted by molar-refractivity contribution is -0.143. The smallest absolute Gasteiger partial charge is 0.228 e. The summed E-state index contributed by atoms with van der Waals surface area (Å²) in [7, 11) is 0. The number of carbonyl (C=O) groups is 1. The third kappa shape index (κ3) is 3.89. The molecule has 0 radical (unpaired) electrons. The second-order valence-electron chi connectivity index (χ2n) is 7.81. The third-order valence-corrected chi connectivity index (χ3v) is 5.40. The molecule has 1 saturated heterocycles. The summed E-state index contributed by atoms with van der Waals surface area (Å²) in [6.07, 6.45) is 3.06. The molecular weight excluding hydrogens is 332 g/mol. The van der Waals surface area contributed by atoms with Crippen LogP contribution in [0.15, 0.2) is 11.4 Å². The number of piperidine rings is 1. The van der Waals surface area contributed by atoms with E-state index >= 15 is 0 Å². The van der Waals surface area contributed by atoms with Crippen molar-refractivity contribution in [2.75, 3.05) is 6.54 Å². The van der Waals surface area contributed by atoms with Gasteiger partial charge in [0.25, 0.3) is 0 Å². The van der Waals surface area contributed by atoms with Gasteiger partial charge >= 0.3 is 0 Å². The highest BCUT2D eigenvalue weighted by atomic mass is 32.1. The molecule has 1 atom stereocenters. The van der Waals surface area contributed by atoms with Crippen molar-refractivity contribution < 1.29 is 4.79 Å². The summed E-state index contributed by atoms with van der Waals surface area (Å²) in [6, 6.07) is 1.93. The lowest BCUT2D eigenvalue weighted by Crippen LogP contribution is -2.44. The number of aryl methyl sites for hydroxylation is 2. The Labute approximate surface area is 153 Å². The van der Waals surface area contributed by atoms with E-state index in [9.17, 15) is 4.79 Å². The Morgan fingerprint density at radius 2 is 1.92 bits per heavy atom. The van der Waals surface area contributed by atoms with Crippen LogP contribution >= 0.6 is 11.3 Å². The molecule has 1 aliphatic heterocycles. The molecule has 0 bridgehead atoms. The maximum atomic E-state index is 12.9. The lowest BCUT2D eigenvalue weighted by atomic mass is 9.91. The predicted octanol–water partition coefficient (Wildman–Crippen LogP) is 4.32. The topological polar surface area (TPSA) is 59.0 Å². The van der Waals surface area contributed by atoms with Gasteiger partial charge in [0, 0.05) is 28.7 Å². The van der Waals surface area contributed by atoms with Crippen molar-refractivity contribution in [3.05, 3.63) is 28.7 Å². The predicted molar refractivity (Wildman–Crippen MR) is 100 cm³/mol. The molecule has 3 rings (SSSR count). The summed E-state index contributed by atoms with van der Waals surface area (Å²) in [5.41, 5.74) is 2.38. The van der Waals surface area contributed by atoms with Crippen molar-refractivity contribution >= 4 is 17.2 Å². The number of likely N-dealkylation sites (tertiary alicyclic amines) is 1. The van der Waals surface area contributed by atoms with Crippen molar-refractivity contribution in [3.63, 3.8) is 0 Å². The summed E-state index contributed by atoms with van der Waals surface area (Å²) < 4.78 is 0. The van der Waals surface area contributed by atoms with E-state index in [1.807, 2.05) is 51.0 Å². The summed E-state index contributed by atoms with van der Waals surface area (Å²) >= 11 is 1.60. The molecular formula is C19H26N4OS. The van der Waals surface area contributed by atoms with Crippen LogP contribution in [0.25, 0.3) is 10.7 Å². The first-order chi connectivity index (χ1) is 11.8. The second kappa shape index (κ2) is 6.83. The highest BCUT2D eigenvalue weighted by molar-refractivity contribution is 7.13. The van der Waals surface area contributed by atoms with Gasteiger partial charge in [0.15, 0.2) is 5.82 Å². The number of rotatable bonds is 2. The number of nitrogens with zero attached hydrogens (tertiary/aromatic N) is 4. The van der Waals surface area contributed by atoms with E-state index in [0.717, 1.165) is 53.7 Å². The normalized spacial score (nSPS) is 18.4. The van der Waals surface area contributed by atoms with E-state index in [1.165, 1.54) is 0 Å². The van der Waals surface area contributed by atoms with Gasteiger partial charge in [0.05, 0.1) is 6.04 Å². The van der Waals surface area contributed by atoms with Crippen LogP contribution in [0.2, 0.25) is 0 Å². The molecule has 0 unspecified atom stereocenters. The van der Waals surface area contributed by atoms with Crippen LogP contribution in [0, 0.1) is 19.3 Å². The molecule has 25 heavy (non-hydrogen) atoms. The molecule has 5 nitrogen and oxygen atoms in total. The minimum Gasteiger partial charge on any atom is -0.332 e. The Hall–Kier alpha value is -1.82. The maximum absolute atomic E-state index is 12.9. The monoisotopic (exact) mass is 358 g/mol. The van der Waals surface area contributed by atoms with Gasteiger partial charge in [-0.2, -0.15) is 0 Å². The fraction of sp³-hybridized carbons (Fsp3) is 0.579. The Balaban J connectivity index is 1.98. The Morgan fingerprint density at radius 3 is 2.56 bits per heavy atom. The van der Waals surface area contributed by atoms with Crippen molar-refractivity contribution in [2.45, 2.75) is 59.9 Å². The van der Waals surface area contributed by atoms with Gasteiger partial charge in [0.2, 0.25) is 5.91 Å². The van der Waals surface area contributed by atoms with Crippen LogP contribution in [0.5, 0.6) is 0 Å². The first kappa shape index (κ1) is 18.0. The van der Waals surface area contributed by atoms with Gasteiger partial charge in [-0.25, -0.2) is 15.0 Å². The minimum atomic E-state index is -0.394. The molecule has 1 amide bonds. The van der Waals surface area contributed by atoms with Crippen LogP contribution in [0.4, 0.5) is 0 Å². The molecule has 2 aromatic rings. The quantitative estimate of drug-likeness (QED) is 0.802. The molecule has 6 heteroatoms. The third-order valence-electron chi connectivity index (χ3n) is 4.41. The van der Waals surface area contributed by atoms with Crippen molar-refractivity contribution in [1.29, 1.82) is 0 Å². The summed E-state index contributed by atoms with van der Waals surface area (Å²) in [4.78, 5) is 28.9. The molecule has 0 N–H and O–H groups in total. The SMILES string of the molecule is Cc1cc(-c2nc(C)cs2)nc([C@H]2CCCCN2C(=O)C(C)(C)C)n1. The van der Waals surface area contributed by atoms with E-state index in [0.29, 0.717) is 0 Å². The number of aromatic nitrogens is 3. The van der Waals surface area contributed by atoms with Crippen molar-refractivity contribution in [2.24, 2.45) is 5.41 Å². The van der Waals surface area contributed by atoms with Crippen LogP contribution in [0.1, 0.15) is 63.3 Å². The molecule has 0 aliphatic carbocycles. The maximum Gasteiger partial charge on any atom is 0.228 e. The van der Waals surface area contributed by atoms with Gasteiger partial charge < -0.3 is 4.90 Å². The molecule has 3 heterocycles. The summed E-state index contributed by atoms with van der Waals surface area (Å²) in [5.74, 6) is 0.925. The van der Waals surface area contributed by atoms with Crippen LogP contribution < -0.4 is 0 Å². The van der Waals surface area contributed by atoms with E-state index in [2.05, 4.69) is 9.97 Å². The Bertz CT molecular complexity index is 778. The minimum absolute atomic E-state index is 0.0415. The molecule has 0 saturated carbocycles. The van der Waals surface area contributed by atoms with Gasteiger partial charge in [-0.15, -0.1) is 11.3 Å². The average molecular weight is 359 g/mol. The largest absolute Gasteiger partial charge is 0.332 e.